The maximum atomic E-state index is 12.6. The zero-order chi connectivity index (χ0) is 22.3. The molecule has 1 fully saturated rings. The number of aliphatic hydroxyl groups is 2. The van der Waals surface area contributed by atoms with Gasteiger partial charge in [0, 0.05) is 17.8 Å². The largest absolute Gasteiger partial charge is 0.573 e. The highest BCUT2D eigenvalue weighted by atomic mass is 19.4. The predicted octanol–water partition coefficient (Wildman–Crippen LogP) is 2.85. The van der Waals surface area contributed by atoms with Gasteiger partial charge in [0.2, 0.25) is 0 Å². The molecular formula is C20H21F3N4O4. The zero-order valence-electron chi connectivity index (χ0n) is 16.7. The average Bonchev–Trinajstić information content (AvgIpc) is 3.25. The molecule has 0 bridgehead atoms. The molecule has 0 unspecified atom stereocenters. The highest BCUT2D eigenvalue weighted by molar-refractivity contribution is 5.72. The van der Waals surface area contributed by atoms with E-state index in [0.29, 0.717) is 34.9 Å². The first kappa shape index (κ1) is 21.2. The van der Waals surface area contributed by atoms with Gasteiger partial charge in [0.1, 0.15) is 23.4 Å². The van der Waals surface area contributed by atoms with Gasteiger partial charge in [-0.15, -0.1) is 13.2 Å². The minimum atomic E-state index is -4.83. The van der Waals surface area contributed by atoms with E-state index in [2.05, 4.69) is 20.1 Å². The molecule has 2 heterocycles. The molecule has 1 saturated carbocycles. The number of rotatable bonds is 5. The van der Waals surface area contributed by atoms with Crippen molar-refractivity contribution in [3.63, 3.8) is 0 Å². The van der Waals surface area contributed by atoms with E-state index < -0.39 is 24.3 Å². The molecule has 166 valence electrons. The molecular weight excluding hydrogens is 417 g/mol. The van der Waals surface area contributed by atoms with Gasteiger partial charge in [0.25, 0.3) is 0 Å². The summed E-state index contributed by atoms with van der Waals surface area (Å²) in [5, 5.41) is 27.9. The third kappa shape index (κ3) is 4.23. The lowest BCUT2D eigenvalue weighted by molar-refractivity contribution is -0.274. The molecule has 31 heavy (non-hydrogen) atoms. The topological polar surface area (TPSA) is 101 Å². The molecule has 0 amide bonds. The van der Waals surface area contributed by atoms with Crippen LogP contribution in [0.25, 0.3) is 16.9 Å². The second kappa shape index (κ2) is 7.89. The lowest BCUT2D eigenvalue weighted by Crippen LogP contribution is -2.35. The van der Waals surface area contributed by atoms with Gasteiger partial charge in [-0.25, -0.2) is 4.98 Å². The van der Waals surface area contributed by atoms with Crippen molar-refractivity contribution >= 4 is 11.5 Å². The molecule has 4 atom stereocenters. The van der Waals surface area contributed by atoms with Crippen LogP contribution in [0.2, 0.25) is 0 Å². The lowest BCUT2D eigenvalue weighted by Gasteiger charge is -2.19. The van der Waals surface area contributed by atoms with Gasteiger partial charge in [0.05, 0.1) is 24.9 Å². The number of benzene rings is 1. The predicted molar refractivity (Wildman–Crippen MR) is 105 cm³/mol. The van der Waals surface area contributed by atoms with Gasteiger partial charge in [0.15, 0.2) is 5.65 Å². The number of aliphatic hydroxyl groups excluding tert-OH is 2. The average molecular weight is 438 g/mol. The highest BCUT2D eigenvalue weighted by Crippen LogP contribution is 2.35. The summed E-state index contributed by atoms with van der Waals surface area (Å²) < 4.78 is 48.7. The zero-order valence-corrected chi connectivity index (χ0v) is 16.7. The molecule has 8 nitrogen and oxygen atoms in total. The number of methoxy groups -OCH3 is 1. The Balaban J connectivity index is 1.70. The molecule has 3 N–H and O–H groups in total. The van der Waals surface area contributed by atoms with Crippen LogP contribution in [0.4, 0.5) is 19.0 Å². The second-order valence-electron chi connectivity index (χ2n) is 7.48. The van der Waals surface area contributed by atoms with Gasteiger partial charge in [-0.05, 0) is 36.6 Å². The molecule has 0 saturated heterocycles. The van der Waals surface area contributed by atoms with E-state index in [4.69, 9.17) is 4.74 Å². The summed E-state index contributed by atoms with van der Waals surface area (Å²) in [7, 11) is 1.40. The Hall–Kier alpha value is -3.05. The van der Waals surface area contributed by atoms with Gasteiger partial charge >= 0.3 is 6.36 Å². The van der Waals surface area contributed by atoms with Crippen molar-refractivity contribution in [1.82, 2.24) is 14.6 Å². The van der Waals surface area contributed by atoms with Crippen molar-refractivity contribution in [3.05, 3.63) is 36.5 Å². The Morgan fingerprint density at radius 2 is 1.94 bits per heavy atom. The van der Waals surface area contributed by atoms with Gasteiger partial charge in [-0.2, -0.15) is 9.61 Å². The molecule has 0 spiro atoms. The van der Waals surface area contributed by atoms with E-state index in [-0.39, 0.29) is 12.0 Å². The van der Waals surface area contributed by atoms with Crippen molar-refractivity contribution < 1.29 is 32.9 Å². The maximum absolute atomic E-state index is 12.6. The van der Waals surface area contributed by atoms with Crippen LogP contribution in [0, 0.1) is 5.92 Å². The Morgan fingerprint density at radius 1 is 1.16 bits per heavy atom. The smallest absolute Gasteiger partial charge is 0.496 e. The lowest BCUT2D eigenvalue weighted by atomic mass is 10.1. The third-order valence-electron chi connectivity index (χ3n) is 5.34. The van der Waals surface area contributed by atoms with Crippen LogP contribution in [0.5, 0.6) is 11.5 Å². The van der Waals surface area contributed by atoms with Crippen LogP contribution in [0.15, 0.2) is 36.5 Å². The van der Waals surface area contributed by atoms with E-state index in [0.717, 1.165) is 6.07 Å². The Kier molecular flexibility index (Phi) is 5.40. The van der Waals surface area contributed by atoms with Crippen molar-refractivity contribution in [2.75, 3.05) is 12.4 Å². The number of alkyl halides is 3. The van der Waals surface area contributed by atoms with Crippen LogP contribution in [-0.2, 0) is 0 Å². The fourth-order valence-corrected chi connectivity index (χ4v) is 3.81. The van der Waals surface area contributed by atoms with Gasteiger partial charge in [-0.1, -0.05) is 6.92 Å². The number of ether oxygens (including phenoxy) is 2. The van der Waals surface area contributed by atoms with E-state index in [9.17, 15) is 23.4 Å². The normalized spacial score (nSPS) is 23.8. The van der Waals surface area contributed by atoms with Crippen molar-refractivity contribution in [3.8, 4) is 22.8 Å². The molecule has 0 radical (unpaired) electrons. The quantitative estimate of drug-likeness (QED) is 0.563. The second-order valence-corrected chi connectivity index (χ2v) is 7.48. The third-order valence-corrected chi connectivity index (χ3v) is 5.34. The number of aromatic nitrogens is 3. The van der Waals surface area contributed by atoms with E-state index in [1.807, 2.05) is 6.92 Å². The maximum Gasteiger partial charge on any atom is 0.573 e. The highest BCUT2D eigenvalue weighted by Gasteiger charge is 2.39. The molecule has 0 aliphatic heterocycles. The van der Waals surface area contributed by atoms with Crippen molar-refractivity contribution in [1.29, 1.82) is 0 Å². The summed E-state index contributed by atoms with van der Waals surface area (Å²) in [6.07, 6.45) is -4.49. The van der Waals surface area contributed by atoms with Crippen molar-refractivity contribution in [2.24, 2.45) is 5.92 Å². The number of anilines is 1. The van der Waals surface area contributed by atoms with Gasteiger partial charge in [-0.3, -0.25) is 0 Å². The number of hydrogen-bond acceptors (Lipinski definition) is 7. The Bertz CT molecular complexity index is 1090. The Labute approximate surface area is 175 Å². The number of halogens is 3. The van der Waals surface area contributed by atoms with Crippen LogP contribution >= 0.6 is 0 Å². The standard InChI is InChI=1S/C20H21F3N4O4/c1-10-7-14(19(29)18(10)28)25-16-5-6-24-17-9-13(26-27(16)17)12-8-11(31-20(21,22)23)3-4-15(12)30-2/h3-6,8-10,14,18-19,25,28-29H,7H2,1-2H3/t10-,14-,18-,19+/m1/s1. The van der Waals surface area contributed by atoms with E-state index in [1.54, 1.807) is 18.3 Å². The van der Waals surface area contributed by atoms with E-state index >= 15 is 0 Å². The minimum Gasteiger partial charge on any atom is -0.496 e. The molecule has 1 aliphatic rings. The number of nitrogens with one attached hydrogen (secondary N) is 1. The van der Waals surface area contributed by atoms with Crippen LogP contribution in [-0.4, -0.2) is 56.5 Å². The summed E-state index contributed by atoms with van der Waals surface area (Å²) in [5.41, 5.74) is 1.06. The molecule has 2 aromatic heterocycles. The van der Waals surface area contributed by atoms with Crippen molar-refractivity contribution in [2.45, 2.75) is 38.0 Å². The number of nitrogens with zero attached hydrogens (tertiary/aromatic N) is 3. The number of fused-ring (bicyclic) bond motifs is 1. The van der Waals surface area contributed by atoms with Crippen LogP contribution < -0.4 is 14.8 Å². The SMILES string of the molecule is COc1ccc(OC(F)(F)F)cc1-c1cc2nccc(N[C@@H]3C[C@@H](C)[C@@H](O)[C@H]3O)n2n1. The van der Waals surface area contributed by atoms with Gasteiger partial charge < -0.3 is 25.0 Å². The van der Waals surface area contributed by atoms with Crippen LogP contribution in [0.3, 0.4) is 0 Å². The summed E-state index contributed by atoms with van der Waals surface area (Å²) in [5.74, 6) is 0.362. The summed E-state index contributed by atoms with van der Waals surface area (Å²) in [4.78, 5) is 4.25. The fraction of sp³-hybridized carbons (Fsp3) is 0.400. The first-order valence-corrected chi connectivity index (χ1v) is 9.58. The molecule has 11 heteroatoms. The summed E-state index contributed by atoms with van der Waals surface area (Å²) >= 11 is 0. The van der Waals surface area contributed by atoms with Crippen LogP contribution in [0.1, 0.15) is 13.3 Å². The monoisotopic (exact) mass is 438 g/mol. The summed E-state index contributed by atoms with van der Waals surface area (Å²) in [6, 6.07) is 6.59. The minimum absolute atomic E-state index is 0.0707. The molecule has 1 aliphatic carbocycles. The Morgan fingerprint density at radius 3 is 2.58 bits per heavy atom. The van der Waals surface area contributed by atoms with E-state index in [1.165, 1.54) is 23.8 Å². The molecule has 3 aromatic rings. The fourth-order valence-electron chi connectivity index (χ4n) is 3.81. The molecule has 4 rings (SSSR count). The molecule has 1 aromatic carbocycles. The first-order valence-electron chi connectivity index (χ1n) is 9.58. The number of hydrogen-bond donors (Lipinski definition) is 3. The first-order chi connectivity index (χ1) is 14.7. The summed E-state index contributed by atoms with van der Waals surface area (Å²) in [6.45, 7) is 1.85.